The predicted molar refractivity (Wildman–Crippen MR) is 130 cm³/mol. The number of hydrogen-bond acceptors (Lipinski definition) is 3. The zero-order chi connectivity index (χ0) is 22.5. The van der Waals surface area contributed by atoms with Crippen molar-refractivity contribution in [2.45, 2.75) is 76.3 Å². The fourth-order valence-electron chi connectivity index (χ4n) is 7.59. The molecule has 3 aliphatic rings. The first-order chi connectivity index (χ1) is 14.7. The SMILES string of the molecule is C=CC12CCC(C(OCOC)C1(O)C1=CCCCC1[Si](C)(C)c1ccccc1)C2(C)C. The lowest BCUT2D eigenvalue weighted by molar-refractivity contribution is -0.173. The summed E-state index contributed by atoms with van der Waals surface area (Å²) in [6, 6.07) is 11.0. The van der Waals surface area contributed by atoms with Crippen molar-refractivity contribution >= 4 is 13.3 Å². The number of fused-ring (bicyclic) bond motifs is 2. The van der Waals surface area contributed by atoms with Crippen LogP contribution in [-0.2, 0) is 9.47 Å². The average Bonchev–Trinajstić information content (AvgIpc) is 3.12. The Balaban J connectivity index is 1.86. The van der Waals surface area contributed by atoms with Crippen LogP contribution in [0.25, 0.3) is 0 Å². The highest BCUT2D eigenvalue weighted by molar-refractivity contribution is 6.91. The van der Waals surface area contributed by atoms with Crippen molar-refractivity contribution in [3.05, 3.63) is 54.6 Å². The van der Waals surface area contributed by atoms with E-state index in [4.69, 9.17) is 9.47 Å². The molecule has 0 amide bonds. The highest BCUT2D eigenvalue weighted by atomic mass is 28.3. The van der Waals surface area contributed by atoms with E-state index in [0.717, 1.165) is 25.7 Å². The van der Waals surface area contributed by atoms with Gasteiger partial charge < -0.3 is 14.6 Å². The van der Waals surface area contributed by atoms with Crippen molar-refractivity contribution < 1.29 is 14.6 Å². The van der Waals surface area contributed by atoms with Crippen LogP contribution in [-0.4, -0.2) is 38.8 Å². The van der Waals surface area contributed by atoms with Gasteiger partial charge in [-0.1, -0.05) is 74.6 Å². The maximum atomic E-state index is 12.9. The molecule has 0 radical (unpaired) electrons. The van der Waals surface area contributed by atoms with Gasteiger partial charge in [-0.05, 0) is 54.6 Å². The van der Waals surface area contributed by atoms with Gasteiger partial charge in [0.2, 0.25) is 0 Å². The molecule has 5 unspecified atom stereocenters. The minimum absolute atomic E-state index is 0.0802. The fraction of sp³-hybridized carbons (Fsp3) is 0.630. The molecule has 31 heavy (non-hydrogen) atoms. The Morgan fingerprint density at radius 2 is 1.90 bits per heavy atom. The predicted octanol–water partition coefficient (Wildman–Crippen LogP) is 5.42. The molecule has 2 saturated carbocycles. The molecule has 4 heteroatoms. The number of ether oxygens (including phenoxy) is 2. The average molecular weight is 441 g/mol. The fourth-order valence-corrected chi connectivity index (χ4v) is 11.1. The van der Waals surface area contributed by atoms with Crippen molar-refractivity contribution in [1.82, 2.24) is 0 Å². The van der Waals surface area contributed by atoms with Crippen LogP contribution < -0.4 is 5.19 Å². The van der Waals surface area contributed by atoms with Crippen LogP contribution >= 0.6 is 0 Å². The maximum absolute atomic E-state index is 12.9. The Morgan fingerprint density at radius 1 is 1.19 bits per heavy atom. The van der Waals surface area contributed by atoms with Crippen LogP contribution in [0, 0.1) is 16.7 Å². The Bertz CT molecular complexity index is 845. The van der Waals surface area contributed by atoms with Crippen LogP contribution in [0.5, 0.6) is 0 Å². The molecule has 5 atom stereocenters. The van der Waals surface area contributed by atoms with Crippen LogP contribution in [0.2, 0.25) is 18.6 Å². The summed E-state index contributed by atoms with van der Waals surface area (Å²) in [6.07, 6.45) is 9.57. The molecule has 1 aromatic rings. The standard InChI is InChI=1S/C27H40O3Si/c1-7-26-18-17-22(25(26,2)3)24(30-19-29-4)27(26,28)21-15-11-12-16-23(21)31(5,6)20-13-9-8-10-14-20/h7-10,13-15,22-24,28H,1,11-12,16-19H2,2-6H3. The van der Waals surface area contributed by atoms with Gasteiger partial charge in [0.1, 0.15) is 12.4 Å². The molecular formula is C27H40O3Si. The highest BCUT2D eigenvalue weighted by Crippen LogP contribution is 2.74. The summed E-state index contributed by atoms with van der Waals surface area (Å²) in [5.74, 6) is 0.288. The molecule has 2 fully saturated rings. The first-order valence-corrected chi connectivity index (χ1v) is 15.0. The molecule has 2 bridgehead atoms. The van der Waals surface area contributed by atoms with Crippen molar-refractivity contribution in [2.75, 3.05) is 13.9 Å². The molecule has 0 spiro atoms. The quantitative estimate of drug-likeness (QED) is 0.349. The highest BCUT2D eigenvalue weighted by Gasteiger charge is 2.76. The number of hydrogen-bond donors (Lipinski definition) is 1. The van der Waals surface area contributed by atoms with Crippen molar-refractivity contribution in [3.63, 3.8) is 0 Å². The first-order valence-electron chi connectivity index (χ1n) is 11.9. The number of aliphatic hydroxyl groups is 1. The molecule has 1 N–H and O–H groups in total. The normalized spacial score (nSPS) is 37.0. The van der Waals surface area contributed by atoms with E-state index < -0.39 is 13.7 Å². The minimum Gasteiger partial charge on any atom is -0.382 e. The van der Waals surface area contributed by atoms with Crippen LogP contribution in [0.3, 0.4) is 0 Å². The van der Waals surface area contributed by atoms with E-state index in [9.17, 15) is 5.11 Å². The molecule has 0 aliphatic heterocycles. The zero-order valence-electron chi connectivity index (χ0n) is 20.0. The van der Waals surface area contributed by atoms with Gasteiger partial charge >= 0.3 is 0 Å². The topological polar surface area (TPSA) is 38.7 Å². The monoisotopic (exact) mass is 440 g/mol. The molecule has 0 heterocycles. The summed E-state index contributed by atoms with van der Waals surface area (Å²) >= 11 is 0. The van der Waals surface area contributed by atoms with E-state index in [1.165, 1.54) is 17.2 Å². The van der Waals surface area contributed by atoms with Crippen LogP contribution in [0.15, 0.2) is 54.6 Å². The summed E-state index contributed by atoms with van der Waals surface area (Å²) in [5, 5.41) is 14.3. The first kappa shape index (κ1) is 23.0. The van der Waals surface area contributed by atoms with E-state index in [1.54, 1.807) is 7.11 Å². The van der Waals surface area contributed by atoms with Crippen molar-refractivity contribution in [2.24, 2.45) is 16.7 Å². The second-order valence-corrected chi connectivity index (χ2v) is 15.8. The number of allylic oxidation sites excluding steroid dienone is 1. The molecular weight excluding hydrogens is 400 g/mol. The third-order valence-electron chi connectivity index (χ3n) is 9.36. The molecule has 170 valence electrons. The molecule has 4 rings (SSSR count). The van der Waals surface area contributed by atoms with Gasteiger partial charge in [0.15, 0.2) is 0 Å². The van der Waals surface area contributed by atoms with E-state index in [1.807, 2.05) is 0 Å². The summed E-state index contributed by atoms with van der Waals surface area (Å²) in [4.78, 5) is 0. The van der Waals surface area contributed by atoms with E-state index in [0.29, 0.717) is 5.54 Å². The van der Waals surface area contributed by atoms with Crippen molar-refractivity contribution in [3.8, 4) is 0 Å². The van der Waals surface area contributed by atoms with Crippen LogP contribution in [0.4, 0.5) is 0 Å². The number of benzene rings is 1. The van der Waals surface area contributed by atoms with Gasteiger partial charge in [-0.25, -0.2) is 0 Å². The van der Waals surface area contributed by atoms with Gasteiger partial charge in [-0.3, -0.25) is 0 Å². The number of rotatable bonds is 7. The molecule has 0 saturated heterocycles. The molecule has 3 aliphatic carbocycles. The summed E-state index contributed by atoms with van der Waals surface area (Å²) in [5.41, 5.74) is 0.114. The summed E-state index contributed by atoms with van der Waals surface area (Å²) in [7, 11) is -0.225. The van der Waals surface area contributed by atoms with E-state index in [-0.39, 0.29) is 29.6 Å². The minimum atomic E-state index is -1.89. The third kappa shape index (κ3) is 3.02. The summed E-state index contributed by atoms with van der Waals surface area (Å²) < 4.78 is 11.7. The van der Waals surface area contributed by atoms with Gasteiger partial charge in [0.25, 0.3) is 0 Å². The van der Waals surface area contributed by atoms with E-state index in [2.05, 4.69) is 76.0 Å². The number of methoxy groups -OCH3 is 1. The van der Waals surface area contributed by atoms with Gasteiger partial charge in [0.05, 0.1) is 14.2 Å². The summed E-state index contributed by atoms with van der Waals surface area (Å²) in [6.45, 7) is 14.1. The van der Waals surface area contributed by atoms with Gasteiger partial charge in [-0.15, -0.1) is 6.58 Å². The lowest BCUT2D eigenvalue weighted by atomic mass is 9.59. The Labute approximate surface area is 189 Å². The maximum Gasteiger partial charge on any atom is 0.146 e. The Kier molecular flexibility index (Phi) is 5.92. The second-order valence-electron chi connectivity index (χ2n) is 11.0. The third-order valence-corrected chi connectivity index (χ3v) is 13.5. The van der Waals surface area contributed by atoms with Crippen LogP contribution in [0.1, 0.15) is 46.0 Å². The lowest BCUT2D eigenvalue weighted by Crippen LogP contribution is -2.60. The Morgan fingerprint density at radius 3 is 2.55 bits per heavy atom. The molecule has 0 aromatic heterocycles. The van der Waals surface area contributed by atoms with Gasteiger partial charge in [0, 0.05) is 12.5 Å². The zero-order valence-corrected chi connectivity index (χ0v) is 21.0. The smallest absolute Gasteiger partial charge is 0.146 e. The largest absolute Gasteiger partial charge is 0.382 e. The Hall–Kier alpha value is -1.20. The lowest BCUT2D eigenvalue weighted by Gasteiger charge is -2.53. The van der Waals surface area contributed by atoms with Gasteiger partial charge in [-0.2, -0.15) is 0 Å². The molecule has 1 aromatic carbocycles. The van der Waals surface area contributed by atoms with E-state index >= 15 is 0 Å². The molecule has 3 nitrogen and oxygen atoms in total. The van der Waals surface area contributed by atoms with Crippen molar-refractivity contribution in [1.29, 1.82) is 0 Å². The second kappa shape index (κ2) is 7.98.